The number of anilines is 1. The molecular formula is C21H19ClF2N4O4S. The minimum atomic E-state index is -4.00. The second-order valence-corrected chi connectivity index (χ2v) is 9.49. The summed E-state index contributed by atoms with van der Waals surface area (Å²) in [6.07, 6.45) is 1.40. The summed E-state index contributed by atoms with van der Waals surface area (Å²) in [6.45, 7) is 0.680. The van der Waals surface area contributed by atoms with E-state index in [-0.39, 0.29) is 45.2 Å². The topological polar surface area (TPSA) is 113 Å². The number of hydrogen-bond donors (Lipinski definition) is 3. The van der Waals surface area contributed by atoms with Crippen molar-refractivity contribution in [2.24, 2.45) is 0 Å². The van der Waals surface area contributed by atoms with Gasteiger partial charge in [0.1, 0.15) is 16.5 Å². The van der Waals surface area contributed by atoms with Gasteiger partial charge in [0.15, 0.2) is 5.82 Å². The van der Waals surface area contributed by atoms with E-state index in [2.05, 4.69) is 20.2 Å². The average Bonchev–Trinajstić information content (AvgIpc) is 3.45. The summed E-state index contributed by atoms with van der Waals surface area (Å²) >= 11 is 6.07. The molecule has 3 aromatic rings. The monoisotopic (exact) mass is 496 g/mol. The number of rotatable bonds is 7. The molecule has 33 heavy (non-hydrogen) atoms. The molecule has 3 N–H and O–H groups in total. The Bertz CT molecular complexity index is 1270. The Labute approximate surface area is 193 Å². The predicted octanol–water partition coefficient (Wildman–Crippen LogP) is 3.72. The van der Waals surface area contributed by atoms with Crippen LogP contribution in [-0.2, 0) is 14.8 Å². The number of sulfonamides is 1. The van der Waals surface area contributed by atoms with Gasteiger partial charge in [-0.1, -0.05) is 17.7 Å². The number of aromatic nitrogens is 2. The Balaban J connectivity index is 1.51. The molecular weight excluding hydrogens is 478 g/mol. The zero-order valence-corrected chi connectivity index (χ0v) is 18.6. The number of aromatic amines is 1. The first-order valence-electron chi connectivity index (χ1n) is 9.96. The van der Waals surface area contributed by atoms with Crippen LogP contribution in [0.5, 0.6) is 0 Å². The molecule has 4 rings (SSSR count). The van der Waals surface area contributed by atoms with Gasteiger partial charge in [0.05, 0.1) is 22.4 Å². The number of nitrogens with one attached hydrogen (secondary N) is 3. The van der Waals surface area contributed by atoms with Gasteiger partial charge in [-0.3, -0.25) is 9.89 Å². The number of halogens is 3. The quantitative estimate of drug-likeness (QED) is 0.461. The van der Waals surface area contributed by atoms with E-state index in [1.54, 1.807) is 0 Å². The number of ether oxygens (including phenoxy) is 1. The molecule has 1 aliphatic heterocycles. The fraction of sp³-hybridized carbons (Fsp3) is 0.238. The Morgan fingerprint density at radius 1 is 1.21 bits per heavy atom. The van der Waals surface area contributed by atoms with Gasteiger partial charge in [0, 0.05) is 24.8 Å². The first-order chi connectivity index (χ1) is 15.7. The lowest BCUT2D eigenvalue weighted by atomic mass is 10.1. The number of benzene rings is 2. The largest absolute Gasteiger partial charge is 0.377 e. The maximum atomic E-state index is 14.0. The lowest BCUT2D eigenvalue weighted by Crippen LogP contribution is -2.32. The van der Waals surface area contributed by atoms with Crippen LogP contribution in [0.1, 0.15) is 23.2 Å². The van der Waals surface area contributed by atoms with Crippen LogP contribution in [0.25, 0.3) is 11.3 Å². The molecule has 12 heteroatoms. The SMILES string of the molecule is O=C(Nc1cc(-c2c(F)cccc2F)[nH]n1)c1ccc(Cl)c(S(=O)(=O)NC[C@@H]2CCCO2)c1. The second kappa shape index (κ2) is 9.56. The van der Waals surface area contributed by atoms with Crippen LogP contribution < -0.4 is 10.0 Å². The van der Waals surface area contributed by atoms with Crippen molar-refractivity contribution in [3.63, 3.8) is 0 Å². The van der Waals surface area contributed by atoms with Crippen molar-refractivity contribution in [2.45, 2.75) is 23.8 Å². The van der Waals surface area contributed by atoms with Crippen molar-refractivity contribution < 1.29 is 26.7 Å². The summed E-state index contributed by atoms with van der Waals surface area (Å²) in [7, 11) is -4.00. The van der Waals surface area contributed by atoms with E-state index < -0.39 is 27.6 Å². The van der Waals surface area contributed by atoms with Gasteiger partial charge in [0.2, 0.25) is 10.0 Å². The van der Waals surface area contributed by atoms with Gasteiger partial charge in [-0.2, -0.15) is 5.10 Å². The molecule has 2 aromatic carbocycles. The third kappa shape index (κ3) is 5.22. The first-order valence-corrected chi connectivity index (χ1v) is 11.8. The van der Waals surface area contributed by atoms with Gasteiger partial charge in [-0.15, -0.1) is 0 Å². The van der Waals surface area contributed by atoms with Crippen LogP contribution >= 0.6 is 11.6 Å². The zero-order chi connectivity index (χ0) is 23.6. The Hall–Kier alpha value is -2.86. The van der Waals surface area contributed by atoms with Gasteiger partial charge < -0.3 is 10.1 Å². The van der Waals surface area contributed by atoms with Crippen LogP contribution in [0.3, 0.4) is 0 Å². The van der Waals surface area contributed by atoms with E-state index in [0.29, 0.717) is 6.61 Å². The summed E-state index contributed by atoms with van der Waals surface area (Å²) in [4.78, 5) is 12.4. The lowest BCUT2D eigenvalue weighted by Gasteiger charge is -2.13. The number of carbonyl (C=O) groups is 1. The van der Waals surface area contributed by atoms with Gasteiger partial charge in [0.25, 0.3) is 5.91 Å². The minimum Gasteiger partial charge on any atom is -0.377 e. The van der Waals surface area contributed by atoms with Crippen molar-refractivity contribution in [1.29, 1.82) is 0 Å². The van der Waals surface area contributed by atoms with E-state index in [4.69, 9.17) is 16.3 Å². The highest BCUT2D eigenvalue weighted by Gasteiger charge is 2.24. The van der Waals surface area contributed by atoms with Crippen molar-refractivity contribution in [1.82, 2.24) is 14.9 Å². The van der Waals surface area contributed by atoms with Crippen molar-refractivity contribution >= 4 is 33.3 Å². The van der Waals surface area contributed by atoms with Crippen molar-refractivity contribution in [2.75, 3.05) is 18.5 Å². The Morgan fingerprint density at radius 2 is 1.97 bits per heavy atom. The molecule has 1 aliphatic rings. The van der Waals surface area contributed by atoms with Crippen molar-refractivity contribution in [3.05, 3.63) is 64.7 Å². The van der Waals surface area contributed by atoms with Gasteiger partial charge >= 0.3 is 0 Å². The van der Waals surface area contributed by atoms with Gasteiger partial charge in [-0.25, -0.2) is 21.9 Å². The van der Waals surface area contributed by atoms with E-state index >= 15 is 0 Å². The average molecular weight is 497 g/mol. The molecule has 0 aliphatic carbocycles. The summed E-state index contributed by atoms with van der Waals surface area (Å²) in [6, 6.07) is 8.47. The molecule has 1 aromatic heterocycles. The molecule has 0 unspecified atom stereocenters. The minimum absolute atomic E-state index is 0.00138. The number of carbonyl (C=O) groups excluding carboxylic acids is 1. The van der Waals surface area contributed by atoms with Crippen LogP contribution in [0.15, 0.2) is 47.4 Å². The molecule has 2 heterocycles. The van der Waals surface area contributed by atoms with Crippen LogP contribution in [0.2, 0.25) is 5.02 Å². The molecule has 0 radical (unpaired) electrons. The molecule has 0 bridgehead atoms. The van der Waals surface area contributed by atoms with Crippen LogP contribution in [0, 0.1) is 11.6 Å². The highest BCUT2D eigenvalue weighted by molar-refractivity contribution is 7.89. The molecule has 8 nitrogen and oxygen atoms in total. The fourth-order valence-corrected chi connectivity index (χ4v) is 4.98. The highest BCUT2D eigenvalue weighted by atomic mass is 35.5. The standard InChI is InChI=1S/C21H19ClF2N4O4S/c22-14-7-6-12(9-18(14)33(30,31)25-11-13-3-2-8-32-13)21(29)26-19-10-17(27-28-19)20-15(23)4-1-5-16(20)24/h1,4-7,9-10,13,25H,2-3,8,11H2,(H2,26,27,28,29)/t13-/m0/s1. The number of hydrogen-bond acceptors (Lipinski definition) is 5. The molecule has 1 saturated heterocycles. The normalized spacial score (nSPS) is 16.2. The molecule has 0 saturated carbocycles. The number of nitrogens with zero attached hydrogens (tertiary/aromatic N) is 1. The Morgan fingerprint density at radius 3 is 2.67 bits per heavy atom. The smallest absolute Gasteiger partial charge is 0.256 e. The number of amides is 1. The predicted molar refractivity (Wildman–Crippen MR) is 118 cm³/mol. The second-order valence-electron chi connectivity index (χ2n) is 7.35. The third-order valence-corrected chi connectivity index (χ3v) is 6.96. The Kier molecular flexibility index (Phi) is 6.75. The molecule has 1 amide bonds. The summed E-state index contributed by atoms with van der Waals surface area (Å²) in [5.74, 6) is -2.28. The summed E-state index contributed by atoms with van der Waals surface area (Å²) in [5, 5.41) is 8.71. The molecule has 1 atom stereocenters. The molecule has 0 spiro atoms. The maximum Gasteiger partial charge on any atom is 0.256 e. The summed E-state index contributed by atoms with van der Waals surface area (Å²) < 4.78 is 61.2. The third-order valence-electron chi connectivity index (χ3n) is 5.06. The van der Waals surface area contributed by atoms with E-state index in [0.717, 1.165) is 31.0 Å². The molecule has 1 fully saturated rings. The van der Waals surface area contributed by atoms with E-state index in [1.165, 1.54) is 24.3 Å². The number of H-pyrrole nitrogens is 1. The maximum absolute atomic E-state index is 14.0. The van der Waals surface area contributed by atoms with Crippen LogP contribution in [-0.4, -0.2) is 43.8 Å². The van der Waals surface area contributed by atoms with Crippen molar-refractivity contribution in [3.8, 4) is 11.3 Å². The summed E-state index contributed by atoms with van der Waals surface area (Å²) in [5.41, 5.74) is -0.292. The lowest BCUT2D eigenvalue weighted by molar-refractivity contribution is 0.102. The first kappa shape index (κ1) is 23.3. The molecule has 174 valence electrons. The fourth-order valence-electron chi connectivity index (χ4n) is 3.39. The van der Waals surface area contributed by atoms with Crippen LogP contribution in [0.4, 0.5) is 14.6 Å². The van der Waals surface area contributed by atoms with E-state index in [1.807, 2.05) is 0 Å². The zero-order valence-electron chi connectivity index (χ0n) is 17.1. The van der Waals surface area contributed by atoms with Gasteiger partial charge in [-0.05, 0) is 43.2 Å². The van der Waals surface area contributed by atoms with E-state index in [9.17, 15) is 22.0 Å². The highest BCUT2D eigenvalue weighted by Crippen LogP contribution is 2.27.